The van der Waals surface area contributed by atoms with Crippen molar-refractivity contribution in [2.75, 3.05) is 7.11 Å². The van der Waals surface area contributed by atoms with Crippen molar-refractivity contribution in [3.05, 3.63) is 50.6 Å². The number of amides is 1. The Bertz CT molecular complexity index is 1160. The number of thiazole rings is 1. The summed E-state index contributed by atoms with van der Waals surface area (Å²) in [5.41, 5.74) is 2.09. The van der Waals surface area contributed by atoms with E-state index in [1.807, 2.05) is 19.9 Å². The molecule has 0 fully saturated rings. The number of aromatic nitrogens is 3. The third-order valence-electron chi connectivity index (χ3n) is 4.00. The fourth-order valence-electron chi connectivity index (χ4n) is 2.71. The first kappa shape index (κ1) is 19.4. The lowest BCUT2D eigenvalue weighted by Crippen LogP contribution is -2.23. The second-order valence-corrected chi connectivity index (χ2v) is 7.06. The fraction of sp³-hybridized carbons (Fsp3) is 0.294. The number of ether oxygens (including phenoxy) is 1. The number of carbonyl (C=O) groups is 2. The van der Waals surface area contributed by atoms with E-state index in [0.29, 0.717) is 10.2 Å². The highest BCUT2D eigenvalue weighted by molar-refractivity contribution is 7.16. The predicted octanol–water partition coefficient (Wildman–Crippen LogP) is 1.72. The monoisotopic (exact) mass is 403 g/mol. The van der Waals surface area contributed by atoms with Crippen LogP contribution in [0.5, 0.6) is 0 Å². The number of hydrogen-bond acceptors (Lipinski definition) is 7. The summed E-state index contributed by atoms with van der Waals surface area (Å²) in [6.07, 6.45) is 0. The van der Waals surface area contributed by atoms with E-state index < -0.39 is 16.8 Å². The number of esters is 1. The maximum atomic E-state index is 12.4. The van der Waals surface area contributed by atoms with E-state index in [1.165, 1.54) is 29.9 Å². The second kappa shape index (κ2) is 7.72. The Labute approximate surface area is 162 Å². The Morgan fingerprint density at radius 1 is 1.29 bits per heavy atom. The molecule has 11 heteroatoms. The molecule has 0 atom stereocenters. The lowest BCUT2D eigenvalue weighted by Gasteiger charge is -2.04. The van der Waals surface area contributed by atoms with Crippen LogP contribution in [0.4, 0.5) is 5.69 Å². The van der Waals surface area contributed by atoms with Gasteiger partial charge in [-0.05, 0) is 26.0 Å². The standard InChI is InChI=1S/C17H17N5O5S/c1-10-6-11(2)21(19-10)8-15(23)18-17-20(9-16(24)27-3)13-5-4-12(22(25)26)7-14(13)28-17/h4-7H,8-9H2,1-3H3. The van der Waals surface area contributed by atoms with Crippen LogP contribution in [-0.2, 0) is 27.4 Å². The molecule has 0 spiro atoms. The largest absolute Gasteiger partial charge is 0.468 e. The highest BCUT2D eigenvalue weighted by atomic mass is 32.1. The first-order valence-corrected chi connectivity index (χ1v) is 9.03. The second-order valence-electron chi connectivity index (χ2n) is 6.05. The minimum absolute atomic E-state index is 0.0493. The summed E-state index contributed by atoms with van der Waals surface area (Å²) in [6, 6.07) is 6.10. The van der Waals surface area contributed by atoms with Gasteiger partial charge in [0.25, 0.3) is 11.6 Å². The van der Waals surface area contributed by atoms with Crippen LogP contribution in [0.1, 0.15) is 11.4 Å². The van der Waals surface area contributed by atoms with Crippen molar-refractivity contribution in [2.45, 2.75) is 26.9 Å². The van der Waals surface area contributed by atoms with Crippen molar-refractivity contribution >= 4 is 39.1 Å². The van der Waals surface area contributed by atoms with Crippen molar-refractivity contribution in [1.82, 2.24) is 14.3 Å². The number of benzene rings is 1. The van der Waals surface area contributed by atoms with Crippen LogP contribution >= 0.6 is 11.3 Å². The lowest BCUT2D eigenvalue weighted by molar-refractivity contribution is -0.384. The molecular formula is C17H17N5O5S. The van der Waals surface area contributed by atoms with E-state index in [1.54, 1.807) is 4.68 Å². The van der Waals surface area contributed by atoms with Crippen LogP contribution < -0.4 is 4.80 Å². The number of nitrogens with zero attached hydrogens (tertiary/aromatic N) is 5. The van der Waals surface area contributed by atoms with Crippen LogP contribution in [0, 0.1) is 24.0 Å². The van der Waals surface area contributed by atoms with E-state index in [-0.39, 0.29) is 23.6 Å². The molecule has 0 radical (unpaired) electrons. The van der Waals surface area contributed by atoms with Crippen LogP contribution in [0.2, 0.25) is 0 Å². The molecule has 0 aliphatic rings. The van der Waals surface area contributed by atoms with Gasteiger partial charge in [0.2, 0.25) is 0 Å². The van der Waals surface area contributed by atoms with Crippen molar-refractivity contribution in [3.63, 3.8) is 0 Å². The van der Waals surface area contributed by atoms with E-state index in [9.17, 15) is 19.7 Å². The van der Waals surface area contributed by atoms with E-state index in [0.717, 1.165) is 22.7 Å². The molecule has 3 aromatic rings. The minimum Gasteiger partial charge on any atom is -0.468 e. The first-order chi connectivity index (χ1) is 13.3. The lowest BCUT2D eigenvalue weighted by atomic mass is 10.3. The molecule has 146 valence electrons. The maximum absolute atomic E-state index is 12.4. The molecular weight excluding hydrogens is 386 g/mol. The van der Waals surface area contributed by atoms with Gasteiger partial charge in [0.15, 0.2) is 4.80 Å². The van der Waals surface area contributed by atoms with E-state index in [2.05, 4.69) is 10.1 Å². The predicted molar refractivity (Wildman–Crippen MR) is 101 cm³/mol. The highest BCUT2D eigenvalue weighted by Gasteiger charge is 2.15. The number of carbonyl (C=O) groups excluding carboxylic acids is 2. The molecule has 0 N–H and O–H groups in total. The van der Waals surface area contributed by atoms with Gasteiger partial charge in [0.05, 0.1) is 27.9 Å². The summed E-state index contributed by atoms with van der Waals surface area (Å²) < 4.78 is 8.30. The zero-order valence-corrected chi connectivity index (χ0v) is 16.2. The normalized spacial score (nSPS) is 11.8. The fourth-order valence-corrected chi connectivity index (χ4v) is 3.79. The van der Waals surface area contributed by atoms with Gasteiger partial charge in [0.1, 0.15) is 13.1 Å². The molecule has 28 heavy (non-hydrogen) atoms. The molecule has 0 bridgehead atoms. The van der Waals surface area contributed by atoms with Gasteiger partial charge in [-0.25, -0.2) is 0 Å². The van der Waals surface area contributed by atoms with Crippen molar-refractivity contribution in [2.24, 2.45) is 4.99 Å². The van der Waals surface area contributed by atoms with Crippen LogP contribution in [0.25, 0.3) is 10.2 Å². The van der Waals surface area contributed by atoms with Crippen molar-refractivity contribution in [3.8, 4) is 0 Å². The Morgan fingerprint density at radius 2 is 2.04 bits per heavy atom. The van der Waals surface area contributed by atoms with Gasteiger partial charge in [-0.3, -0.25) is 24.4 Å². The van der Waals surface area contributed by atoms with E-state index in [4.69, 9.17) is 4.74 Å². The van der Waals surface area contributed by atoms with Gasteiger partial charge in [-0.2, -0.15) is 10.1 Å². The zero-order valence-electron chi connectivity index (χ0n) is 15.4. The molecule has 0 aliphatic carbocycles. The molecule has 0 saturated carbocycles. The smallest absolute Gasteiger partial charge is 0.325 e. The summed E-state index contributed by atoms with van der Waals surface area (Å²) in [4.78, 5) is 39.1. The Kier molecular flexibility index (Phi) is 5.36. The minimum atomic E-state index is -0.523. The molecule has 1 aromatic carbocycles. The van der Waals surface area contributed by atoms with Crippen LogP contribution in [-0.4, -0.2) is 38.3 Å². The van der Waals surface area contributed by atoms with E-state index >= 15 is 0 Å². The number of rotatable bonds is 5. The Morgan fingerprint density at radius 3 is 2.64 bits per heavy atom. The Balaban J connectivity index is 2.06. The summed E-state index contributed by atoms with van der Waals surface area (Å²) >= 11 is 1.09. The van der Waals surface area contributed by atoms with Crippen molar-refractivity contribution in [1.29, 1.82) is 0 Å². The number of nitro benzene ring substituents is 1. The highest BCUT2D eigenvalue weighted by Crippen LogP contribution is 2.23. The SMILES string of the molecule is COC(=O)Cn1c(=NC(=O)Cn2nc(C)cc2C)sc2cc([N+](=O)[O-])ccc21. The van der Waals surface area contributed by atoms with Gasteiger partial charge in [0, 0.05) is 17.8 Å². The van der Waals surface area contributed by atoms with Gasteiger partial charge in [-0.15, -0.1) is 0 Å². The molecule has 3 rings (SSSR count). The van der Waals surface area contributed by atoms with Gasteiger partial charge < -0.3 is 9.30 Å². The molecule has 0 saturated heterocycles. The molecule has 0 unspecified atom stereocenters. The Hall–Kier alpha value is -3.34. The third kappa shape index (κ3) is 3.98. The summed E-state index contributed by atoms with van der Waals surface area (Å²) in [6.45, 7) is 3.45. The zero-order chi connectivity index (χ0) is 20.4. The van der Waals surface area contributed by atoms with Gasteiger partial charge in [-0.1, -0.05) is 11.3 Å². The third-order valence-corrected chi connectivity index (χ3v) is 5.04. The maximum Gasteiger partial charge on any atom is 0.325 e. The molecule has 10 nitrogen and oxygen atoms in total. The molecule has 0 aliphatic heterocycles. The molecule has 2 aromatic heterocycles. The average Bonchev–Trinajstić information content (AvgIpc) is 3.13. The number of hydrogen-bond donors (Lipinski definition) is 0. The van der Waals surface area contributed by atoms with Gasteiger partial charge >= 0.3 is 5.97 Å². The topological polar surface area (TPSA) is 122 Å². The molecule has 2 heterocycles. The quantitative estimate of drug-likeness (QED) is 0.363. The number of aryl methyl sites for hydroxylation is 2. The summed E-state index contributed by atoms with van der Waals surface area (Å²) in [5.74, 6) is -0.976. The first-order valence-electron chi connectivity index (χ1n) is 8.21. The summed E-state index contributed by atoms with van der Waals surface area (Å²) in [7, 11) is 1.26. The number of nitro groups is 1. The number of non-ortho nitro benzene ring substituents is 1. The van der Waals surface area contributed by atoms with Crippen LogP contribution in [0.3, 0.4) is 0 Å². The average molecular weight is 403 g/mol. The number of methoxy groups -OCH3 is 1. The van der Waals surface area contributed by atoms with Crippen LogP contribution in [0.15, 0.2) is 29.3 Å². The molecule has 1 amide bonds. The summed E-state index contributed by atoms with van der Waals surface area (Å²) in [5, 5.41) is 15.3. The number of fused-ring (bicyclic) bond motifs is 1. The van der Waals surface area contributed by atoms with Crippen molar-refractivity contribution < 1.29 is 19.2 Å².